The first-order valence-electron chi connectivity index (χ1n) is 6.17. The first-order valence-corrected chi connectivity index (χ1v) is 6.17. The average Bonchev–Trinajstić information content (AvgIpc) is 2.22. The van der Waals surface area contributed by atoms with Gasteiger partial charge in [-0.2, -0.15) is 0 Å². The number of hydrogen-bond acceptors (Lipinski definition) is 2. The predicted molar refractivity (Wildman–Crippen MR) is 76.2 cm³/mol. The van der Waals surface area contributed by atoms with Gasteiger partial charge in [-0.1, -0.05) is 17.7 Å². The molecule has 0 aliphatic heterocycles. The van der Waals surface area contributed by atoms with Crippen LogP contribution in [0.15, 0.2) is 12.1 Å². The Morgan fingerprint density at radius 1 is 1.17 bits per heavy atom. The van der Waals surface area contributed by atoms with Gasteiger partial charge >= 0.3 is 6.03 Å². The molecule has 100 valence electrons. The van der Waals surface area contributed by atoms with E-state index in [-0.39, 0.29) is 6.03 Å². The molecule has 0 fully saturated rings. The summed E-state index contributed by atoms with van der Waals surface area (Å²) in [6.07, 6.45) is 0. The lowest BCUT2D eigenvalue weighted by molar-refractivity contribution is 0.250. The van der Waals surface area contributed by atoms with E-state index < -0.39 is 0 Å². The minimum atomic E-state index is -0.146. The zero-order valence-corrected chi connectivity index (χ0v) is 11.9. The molecule has 4 heteroatoms. The Balaban J connectivity index is 2.59. The summed E-state index contributed by atoms with van der Waals surface area (Å²) in [5.74, 6) is 0. The minimum absolute atomic E-state index is 0.146. The number of aryl methyl sites for hydroxylation is 3. The van der Waals surface area contributed by atoms with Gasteiger partial charge in [-0.05, 0) is 46.0 Å². The summed E-state index contributed by atoms with van der Waals surface area (Å²) in [7, 11) is 3.96. The highest BCUT2D eigenvalue weighted by molar-refractivity contribution is 5.91. The number of rotatable bonds is 4. The number of likely N-dealkylation sites (N-methyl/N-ethyl adjacent to an activating group) is 1. The Hall–Kier alpha value is -1.55. The van der Waals surface area contributed by atoms with Gasteiger partial charge in [0.05, 0.1) is 0 Å². The predicted octanol–water partition coefficient (Wildman–Crippen LogP) is 2.29. The molecule has 0 bridgehead atoms. The second kappa shape index (κ2) is 6.40. The van der Waals surface area contributed by atoms with E-state index >= 15 is 0 Å². The van der Waals surface area contributed by atoms with Crippen molar-refractivity contribution in [2.45, 2.75) is 20.8 Å². The molecule has 0 spiro atoms. The number of carbonyl (C=O) groups is 1. The van der Waals surface area contributed by atoms with Gasteiger partial charge in [0, 0.05) is 18.8 Å². The van der Waals surface area contributed by atoms with Gasteiger partial charge in [0.15, 0.2) is 0 Å². The number of nitrogens with one attached hydrogen (secondary N) is 2. The monoisotopic (exact) mass is 249 g/mol. The van der Waals surface area contributed by atoms with Gasteiger partial charge in [0.2, 0.25) is 0 Å². The van der Waals surface area contributed by atoms with Crippen molar-refractivity contribution in [1.29, 1.82) is 0 Å². The molecule has 4 nitrogen and oxygen atoms in total. The molecule has 0 saturated carbocycles. The second-order valence-electron chi connectivity index (χ2n) is 4.96. The van der Waals surface area contributed by atoms with Gasteiger partial charge in [0.1, 0.15) is 0 Å². The maximum Gasteiger partial charge on any atom is 0.319 e. The molecule has 0 aliphatic rings. The topological polar surface area (TPSA) is 44.4 Å². The quantitative estimate of drug-likeness (QED) is 0.860. The van der Waals surface area contributed by atoms with Crippen LogP contribution in [0.25, 0.3) is 0 Å². The number of benzene rings is 1. The largest absolute Gasteiger partial charge is 0.337 e. The van der Waals surface area contributed by atoms with Crippen molar-refractivity contribution in [3.05, 3.63) is 28.8 Å². The first kappa shape index (κ1) is 14.5. The molecule has 0 unspecified atom stereocenters. The normalized spacial score (nSPS) is 10.6. The minimum Gasteiger partial charge on any atom is -0.337 e. The highest BCUT2D eigenvalue weighted by Crippen LogP contribution is 2.21. The third-order valence-electron chi connectivity index (χ3n) is 2.76. The fourth-order valence-corrected chi connectivity index (χ4v) is 1.93. The third-order valence-corrected chi connectivity index (χ3v) is 2.76. The molecular weight excluding hydrogens is 226 g/mol. The van der Waals surface area contributed by atoms with Gasteiger partial charge in [-0.15, -0.1) is 0 Å². The molecule has 1 rings (SSSR count). The molecule has 1 aromatic rings. The number of hydrogen-bond donors (Lipinski definition) is 2. The van der Waals surface area contributed by atoms with E-state index in [9.17, 15) is 4.79 Å². The molecule has 18 heavy (non-hydrogen) atoms. The van der Waals surface area contributed by atoms with Crippen LogP contribution in [0.5, 0.6) is 0 Å². The Morgan fingerprint density at radius 3 is 2.22 bits per heavy atom. The summed E-state index contributed by atoms with van der Waals surface area (Å²) in [6.45, 7) is 7.55. The molecule has 2 N–H and O–H groups in total. The van der Waals surface area contributed by atoms with Gasteiger partial charge in [-0.25, -0.2) is 4.79 Å². The molecular formula is C14H23N3O. The summed E-state index contributed by atoms with van der Waals surface area (Å²) >= 11 is 0. The highest BCUT2D eigenvalue weighted by atomic mass is 16.2. The summed E-state index contributed by atoms with van der Waals surface area (Å²) in [5.41, 5.74) is 4.30. The van der Waals surface area contributed by atoms with Crippen molar-refractivity contribution >= 4 is 11.7 Å². The lowest BCUT2D eigenvalue weighted by atomic mass is 10.1. The van der Waals surface area contributed by atoms with Crippen LogP contribution in [0.2, 0.25) is 0 Å². The van der Waals surface area contributed by atoms with Gasteiger partial charge in [0.25, 0.3) is 0 Å². The maximum atomic E-state index is 11.7. The zero-order chi connectivity index (χ0) is 13.7. The van der Waals surface area contributed by atoms with E-state index in [1.54, 1.807) is 0 Å². The molecule has 0 aromatic heterocycles. The Labute approximate surface area is 109 Å². The van der Waals surface area contributed by atoms with Crippen molar-refractivity contribution in [3.63, 3.8) is 0 Å². The number of anilines is 1. The van der Waals surface area contributed by atoms with E-state index in [1.165, 1.54) is 5.56 Å². The summed E-state index contributed by atoms with van der Waals surface area (Å²) in [5, 5.41) is 5.75. The lowest BCUT2D eigenvalue weighted by Gasteiger charge is -2.14. The summed E-state index contributed by atoms with van der Waals surface area (Å²) in [4.78, 5) is 13.8. The van der Waals surface area contributed by atoms with E-state index in [2.05, 4.69) is 29.7 Å². The lowest BCUT2D eigenvalue weighted by Crippen LogP contribution is -2.34. The van der Waals surface area contributed by atoms with E-state index in [4.69, 9.17) is 0 Å². The standard InChI is InChI=1S/C14H23N3O/c1-10-8-11(2)13(12(3)9-10)16-14(18)15-6-7-17(4)5/h8-9H,6-7H2,1-5H3,(H2,15,16,18). The molecule has 0 radical (unpaired) electrons. The van der Waals surface area contributed by atoms with Crippen molar-refractivity contribution in [2.75, 3.05) is 32.5 Å². The molecule has 0 heterocycles. The number of urea groups is 1. The van der Waals surface area contributed by atoms with Crippen LogP contribution >= 0.6 is 0 Å². The van der Waals surface area contributed by atoms with Crippen LogP contribution in [0.4, 0.5) is 10.5 Å². The molecule has 1 aromatic carbocycles. The number of nitrogens with zero attached hydrogens (tertiary/aromatic N) is 1. The van der Waals surface area contributed by atoms with Crippen LogP contribution in [0, 0.1) is 20.8 Å². The van der Waals surface area contributed by atoms with Crippen LogP contribution in [-0.2, 0) is 0 Å². The van der Waals surface area contributed by atoms with Crippen LogP contribution in [0.1, 0.15) is 16.7 Å². The van der Waals surface area contributed by atoms with Crippen molar-refractivity contribution < 1.29 is 4.79 Å². The highest BCUT2D eigenvalue weighted by Gasteiger charge is 2.07. The van der Waals surface area contributed by atoms with Crippen LogP contribution < -0.4 is 10.6 Å². The Morgan fingerprint density at radius 2 is 1.72 bits per heavy atom. The summed E-state index contributed by atoms with van der Waals surface area (Å²) in [6, 6.07) is 4.00. The molecule has 0 atom stereocenters. The zero-order valence-electron chi connectivity index (χ0n) is 11.9. The smallest absolute Gasteiger partial charge is 0.319 e. The Bertz CT molecular complexity index is 404. The SMILES string of the molecule is Cc1cc(C)c(NC(=O)NCCN(C)C)c(C)c1. The Kier molecular flexibility index (Phi) is 5.16. The van der Waals surface area contributed by atoms with Crippen molar-refractivity contribution in [1.82, 2.24) is 10.2 Å². The third kappa shape index (κ3) is 4.37. The van der Waals surface area contributed by atoms with Crippen molar-refractivity contribution in [2.24, 2.45) is 0 Å². The molecule has 0 saturated heterocycles. The van der Waals surface area contributed by atoms with Gasteiger partial charge < -0.3 is 15.5 Å². The summed E-state index contributed by atoms with van der Waals surface area (Å²) < 4.78 is 0. The maximum absolute atomic E-state index is 11.7. The van der Waals surface area contributed by atoms with E-state index in [0.29, 0.717) is 6.54 Å². The number of amides is 2. The average molecular weight is 249 g/mol. The van der Waals surface area contributed by atoms with E-state index in [1.807, 2.05) is 32.8 Å². The first-order chi connectivity index (χ1) is 8.40. The van der Waals surface area contributed by atoms with Gasteiger partial charge in [-0.3, -0.25) is 0 Å². The fraction of sp³-hybridized carbons (Fsp3) is 0.500. The number of carbonyl (C=O) groups excluding carboxylic acids is 1. The molecule has 0 aliphatic carbocycles. The van der Waals surface area contributed by atoms with Crippen LogP contribution in [-0.4, -0.2) is 38.1 Å². The van der Waals surface area contributed by atoms with Crippen molar-refractivity contribution in [3.8, 4) is 0 Å². The van der Waals surface area contributed by atoms with Crippen LogP contribution in [0.3, 0.4) is 0 Å². The molecule has 2 amide bonds. The van der Waals surface area contributed by atoms with E-state index in [0.717, 1.165) is 23.4 Å². The second-order valence-corrected chi connectivity index (χ2v) is 4.96. The fourth-order valence-electron chi connectivity index (χ4n) is 1.93.